The largest absolute Gasteiger partial charge is 0.497 e. The van der Waals surface area contributed by atoms with E-state index in [2.05, 4.69) is 20.8 Å². The summed E-state index contributed by atoms with van der Waals surface area (Å²) in [4.78, 5) is 44.7. The minimum Gasteiger partial charge on any atom is -0.497 e. The molecule has 35 heteroatoms. The molecule has 1 aromatic rings. The molecule has 12 rings (SSSR count). The van der Waals surface area contributed by atoms with Crippen LogP contribution in [0.3, 0.4) is 0 Å². The minimum absolute atomic E-state index is 0.0281. The van der Waals surface area contributed by atoms with E-state index in [1.54, 1.807) is 24.3 Å². The van der Waals surface area contributed by atoms with E-state index in [4.69, 9.17) is 66.3 Å². The van der Waals surface area contributed by atoms with Crippen molar-refractivity contribution in [3.63, 3.8) is 0 Å². The van der Waals surface area contributed by atoms with Gasteiger partial charge in [-0.05, 0) is 143 Å². The van der Waals surface area contributed by atoms with E-state index in [9.17, 15) is 102 Å². The normalized spacial score (nSPS) is 50.2. The van der Waals surface area contributed by atoms with E-state index in [0.717, 1.165) is 11.6 Å². The molecule has 35 nitrogen and oxygen atoms in total. The Hall–Kier alpha value is -4.21. The predicted octanol–water partition coefficient (Wildman–Crippen LogP) is -3.38. The molecule has 39 atom stereocenters. The number of aliphatic carboxylic acids is 1. The maximum Gasteiger partial charge on any atom is 0.331 e. The third kappa shape index (κ3) is 15.0. The summed E-state index contributed by atoms with van der Waals surface area (Å²) in [7, 11) is 1.48. The Morgan fingerprint density at radius 3 is 1.66 bits per heavy atom. The smallest absolute Gasteiger partial charge is 0.331 e. The number of aliphatic hydroxyl groups excluding tert-OH is 17. The van der Waals surface area contributed by atoms with E-state index >= 15 is 4.79 Å². The summed E-state index contributed by atoms with van der Waals surface area (Å²) in [6.45, 7) is 11.2. The first kappa shape index (κ1) is 85.2. The fourth-order valence-corrected chi connectivity index (χ4v) is 20.4. The van der Waals surface area contributed by atoms with Gasteiger partial charge in [0.25, 0.3) is 0 Å². The average Bonchev–Trinajstić information content (AvgIpc) is 0.668. The number of rotatable bonds is 20. The molecule has 0 aromatic heterocycles. The van der Waals surface area contributed by atoms with Crippen molar-refractivity contribution in [2.24, 2.45) is 50.2 Å². The topological polar surface area (TPSA) is 545 Å². The first-order valence-electron chi connectivity index (χ1n) is 38.0. The highest BCUT2D eigenvalue weighted by molar-refractivity contribution is 5.87. The lowest BCUT2D eigenvalue weighted by Gasteiger charge is -2.71. The molecular weight excluding hydrogens is 1460 g/mol. The van der Waals surface area contributed by atoms with Crippen LogP contribution in [0.1, 0.15) is 119 Å². The average molecular weight is 1570 g/mol. The Kier molecular flexibility index (Phi) is 25.3. The first-order valence-corrected chi connectivity index (χ1v) is 38.0. The molecule has 1 aromatic carbocycles. The van der Waals surface area contributed by atoms with Crippen molar-refractivity contribution in [2.75, 3.05) is 33.5 Å². The van der Waals surface area contributed by atoms with Crippen molar-refractivity contribution in [1.29, 1.82) is 0 Å². The van der Waals surface area contributed by atoms with Gasteiger partial charge in [-0.25, -0.2) is 4.79 Å². The van der Waals surface area contributed by atoms with Gasteiger partial charge in [-0.15, -0.1) is 0 Å². The van der Waals surface area contributed by atoms with E-state index < -0.39 is 285 Å². The van der Waals surface area contributed by atoms with Gasteiger partial charge >= 0.3 is 17.9 Å². The zero-order valence-corrected chi connectivity index (χ0v) is 62.9. The van der Waals surface area contributed by atoms with E-state index in [1.807, 2.05) is 13.0 Å². The molecule has 0 spiro atoms. The van der Waals surface area contributed by atoms with Gasteiger partial charge in [0, 0.05) is 11.5 Å². The first-order chi connectivity index (χ1) is 51.8. The van der Waals surface area contributed by atoms with Gasteiger partial charge in [0.2, 0.25) is 6.29 Å². The standard InChI is InChI=1S/C75H112O35/c1-30-44(81)48(85)53(90)63(99-30)107-59-58(105-43(80)17-12-33-10-13-34(97-9)14-11-33)32(3)101-67(60(59)108-64-56(93)51(88)57(31(2)100-64)106-62-52(89)47(84)40(28-98-62)104-65-54(91)49(86)45(82)38(26-76)102-65)110-69(96)74-21-20-70(4,5)24-36(74)35-15-16-41-71(6)25-37(79)61(109-66-55(92)50(87)46(83)39(27-77)103-66)73(8,68(94)95)42(71)18-19-72(41,7)75(35,29-78)23-22-74/h10-15,17,30-32,36-42,44-67,76-79,81-93H,16,18-29H2,1-9H3,(H,94,95)/b17-12-/t30-,31-,32+,36-,37-,38+,39+,40+,41+,42?,44-,45-,46+,47-,48+,49-,50-,51-,52+,53+,54+,55+,56+,57-,58-,59-,60+,61-,62-,63-,64-,65-,66-,67-,71+,72+,73-,74-,75-/m0/s1. The number of hydrogen-bond acceptors (Lipinski definition) is 34. The number of aliphatic hydroxyl groups is 17. The minimum atomic E-state index is -2.18. The molecule has 110 heavy (non-hydrogen) atoms. The van der Waals surface area contributed by atoms with Crippen LogP contribution in [0, 0.1) is 50.2 Å². The quantitative estimate of drug-likeness (QED) is 0.0262. The second-order valence-electron chi connectivity index (χ2n) is 33.7. The van der Waals surface area contributed by atoms with Crippen LogP contribution >= 0.6 is 0 Å². The lowest BCUT2D eigenvalue weighted by molar-refractivity contribution is -0.392. The molecule has 18 N–H and O–H groups in total. The number of carboxylic acids is 1. The Bertz CT molecular complexity index is 3420. The number of benzene rings is 1. The summed E-state index contributed by atoms with van der Waals surface area (Å²) in [6, 6.07) is 6.64. The fourth-order valence-electron chi connectivity index (χ4n) is 20.4. The van der Waals surface area contributed by atoms with Gasteiger partial charge in [0.05, 0.1) is 68.8 Å². The van der Waals surface area contributed by atoms with Crippen LogP contribution in [0.25, 0.3) is 6.08 Å². The van der Waals surface area contributed by atoms with Gasteiger partial charge in [0.15, 0.2) is 43.7 Å². The number of carbonyl (C=O) groups is 3. The Balaban J connectivity index is 0.857. The molecule has 0 bridgehead atoms. The van der Waals surface area contributed by atoms with Crippen LogP contribution in [-0.4, -0.2) is 334 Å². The summed E-state index contributed by atoms with van der Waals surface area (Å²) in [5, 5.41) is 200. The highest BCUT2D eigenvalue weighted by Crippen LogP contribution is 2.76. The number of fused-ring (bicyclic) bond motifs is 7. The van der Waals surface area contributed by atoms with Crippen LogP contribution in [0.5, 0.6) is 5.75 Å². The summed E-state index contributed by atoms with van der Waals surface area (Å²) in [5.41, 5.74) is -5.40. The van der Waals surface area contributed by atoms with Crippen molar-refractivity contribution in [3.8, 4) is 5.75 Å². The zero-order chi connectivity index (χ0) is 80.1. The third-order valence-corrected chi connectivity index (χ3v) is 26.9. The van der Waals surface area contributed by atoms with Crippen LogP contribution in [0.2, 0.25) is 0 Å². The maximum absolute atomic E-state index is 16.4. The van der Waals surface area contributed by atoms with Crippen molar-refractivity contribution in [1.82, 2.24) is 0 Å². The predicted molar refractivity (Wildman–Crippen MR) is 368 cm³/mol. The lowest BCUT2D eigenvalue weighted by Crippen LogP contribution is -2.71. The molecule has 6 heterocycles. The van der Waals surface area contributed by atoms with Crippen LogP contribution in [0.4, 0.5) is 0 Å². The second-order valence-corrected chi connectivity index (χ2v) is 33.7. The molecule has 6 aliphatic heterocycles. The van der Waals surface area contributed by atoms with Crippen LogP contribution in [-0.2, 0) is 76.0 Å². The van der Waals surface area contributed by atoms with Crippen LogP contribution in [0.15, 0.2) is 42.0 Å². The number of methoxy groups -OCH3 is 1. The van der Waals surface area contributed by atoms with Gasteiger partial charge < -0.3 is 158 Å². The molecule has 11 aliphatic rings. The molecule has 0 radical (unpaired) electrons. The molecule has 5 aliphatic carbocycles. The molecular formula is C75H112O35. The Morgan fingerprint density at radius 1 is 0.527 bits per heavy atom. The third-order valence-electron chi connectivity index (χ3n) is 26.9. The molecule has 10 fully saturated rings. The molecule has 0 amide bonds. The van der Waals surface area contributed by atoms with E-state index in [0.29, 0.717) is 30.6 Å². The Labute approximate surface area is 635 Å². The molecule has 622 valence electrons. The summed E-state index contributed by atoms with van der Waals surface area (Å²) < 4.78 is 85.3. The second kappa shape index (κ2) is 32.7. The van der Waals surface area contributed by atoms with Gasteiger partial charge in [0.1, 0.15) is 122 Å². The highest BCUT2D eigenvalue weighted by atomic mass is 16.8. The lowest BCUT2D eigenvalue weighted by atomic mass is 9.33. The monoisotopic (exact) mass is 1570 g/mol. The van der Waals surface area contributed by atoms with Crippen LogP contribution < -0.4 is 4.74 Å². The number of allylic oxidation sites excluding steroid dienone is 1. The van der Waals surface area contributed by atoms with Crippen molar-refractivity contribution in [3.05, 3.63) is 47.6 Å². The summed E-state index contributed by atoms with van der Waals surface area (Å²) in [5.74, 6) is -4.46. The number of carbonyl (C=O) groups excluding carboxylic acids is 2. The summed E-state index contributed by atoms with van der Waals surface area (Å²) in [6.07, 6.45) is -47.6. The number of esters is 2. The van der Waals surface area contributed by atoms with Gasteiger partial charge in [-0.2, -0.15) is 0 Å². The highest BCUT2D eigenvalue weighted by Gasteiger charge is 2.74. The summed E-state index contributed by atoms with van der Waals surface area (Å²) >= 11 is 0. The SMILES string of the molecule is COc1ccc(/C=C\C(=O)O[C@@H]2[C@H](O[C@@H]3O[C@@H](C)[C@H](O)[C@@H](O)[C@H]3O)[C@@H](O[C@@H]3O[C@@H](C)[C@H](O[C@@H]4OC[C@@H](O[C@@H]5O[C@H](CO)[C@H](O)[C@H](O)[C@H]5O)[C@H](O)[C@H]4O)[C@@H](O)[C@H]3O)[C@H](OC(=O)[C@]34CCC(C)(C)C[C@H]3C3=CC[C@@H]5[C@@]6(C)C[C@H](O)[C@H](O[C@@H]7O[C@H](CO)[C@@H](O)[C@H](O)[C@H]7O)[C@@](C)(C(=O)O)C6CC[C@@]5(C)[C@]3(CO)CC4)O[C@@H]2C)cc1. The van der Waals surface area contributed by atoms with Gasteiger partial charge in [-0.3, -0.25) is 9.59 Å². The van der Waals surface area contributed by atoms with Crippen molar-refractivity contribution in [2.45, 2.75) is 304 Å². The number of hydrogen-bond donors (Lipinski definition) is 18. The number of ether oxygens (including phenoxy) is 14. The Morgan fingerprint density at radius 2 is 1.06 bits per heavy atom. The zero-order valence-electron chi connectivity index (χ0n) is 62.9. The number of carboxylic acid groups (broad SMARTS) is 1. The molecule has 1 unspecified atom stereocenters. The molecule has 4 saturated carbocycles. The fraction of sp³-hybridized carbons (Fsp3) is 0.827. The van der Waals surface area contributed by atoms with E-state index in [1.165, 1.54) is 40.9 Å². The molecule has 6 saturated heterocycles. The van der Waals surface area contributed by atoms with Crippen molar-refractivity contribution >= 4 is 24.0 Å². The van der Waals surface area contributed by atoms with Gasteiger partial charge in [-0.1, -0.05) is 51.5 Å². The van der Waals surface area contributed by atoms with Crippen molar-refractivity contribution < 1.29 is 173 Å². The van der Waals surface area contributed by atoms with E-state index in [-0.39, 0.29) is 38.5 Å². The maximum atomic E-state index is 16.4.